The van der Waals surface area contributed by atoms with Gasteiger partial charge in [-0.1, -0.05) is 23.7 Å². The second kappa shape index (κ2) is 9.58. The number of amides is 1. The van der Waals surface area contributed by atoms with Crippen molar-refractivity contribution < 1.29 is 18.1 Å². The molecule has 9 nitrogen and oxygen atoms in total. The maximum atomic E-state index is 13.3. The number of carbonyl (C=O) groups excluding carboxylic acids is 1. The van der Waals surface area contributed by atoms with Crippen molar-refractivity contribution in [2.24, 2.45) is 0 Å². The summed E-state index contributed by atoms with van der Waals surface area (Å²) >= 11 is 5.90. The van der Waals surface area contributed by atoms with E-state index < -0.39 is 20.9 Å². The van der Waals surface area contributed by atoms with E-state index in [1.807, 2.05) is 0 Å². The second-order valence-electron chi connectivity index (χ2n) is 6.43. The van der Waals surface area contributed by atoms with Crippen LogP contribution in [-0.4, -0.2) is 30.8 Å². The number of anilines is 2. The molecule has 0 radical (unpaired) electrons. The van der Waals surface area contributed by atoms with Gasteiger partial charge in [-0.05, 0) is 48.5 Å². The van der Waals surface area contributed by atoms with Gasteiger partial charge in [0.25, 0.3) is 15.9 Å². The Labute approximate surface area is 189 Å². The molecule has 11 heteroatoms. The van der Waals surface area contributed by atoms with Crippen molar-refractivity contribution in [2.75, 3.05) is 16.2 Å². The molecule has 1 aromatic heterocycles. The third kappa shape index (κ3) is 4.93. The number of pyridine rings is 1. The third-order valence-electron chi connectivity index (χ3n) is 4.34. The molecule has 0 aliphatic carbocycles. The Balaban J connectivity index is 1.95. The van der Waals surface area contributed by atoms with Crippen molar-refractivity contribution in [3.05, 3.63) is 100 Å². The first-order valence-electron chi connectivity index (χ1n) is 9.13. The molecular weight excluding hydrogens is 456 g/mol. The van der Waals surface area contributed by atoms with Gasteiger partial charge in [0, 0.05) is 16.8 Å². The number of rotatable bonds is 8. The summed E-state index contributed by atoms with van der Waals surface area (Å²) in [7, 11) is -4.06. The zero-order valence-electron chi connectivity index (χ0n) is 16.5. The van der Waals surface area contributed by atoms with Gasteiger partial charge in [-0.15, -0.1) is 6.58 Å². The molecule has 0 saturated heterocycles. The Hall–Kier alpha value is -3.76. The molecule has 0 bridgehead atoms. The van der Waals surface area contributed by atoms with Crippen molar-refractivity contribution in [1.29, 1.82) is 0 Å². The van der Waals surface area contributed by atoms with Crippen LogP contribution in [0.3, 0.4) is 0 Å². The Bertz CT molecular complexity index is 1280. The van der Waals surface area contributed by atoms with E-state index >= 15 is 0 Å². The number of hydrogen-bond acceptors (Lipinski definition) is 6. The third-order valence-corrected chi connectivity index (χ3v) is 6.38. The van der Waals surface area contributed by atoms with Gasteiger partial charge in [0.05, 0.1) is 22.1 Å². The number of carbonyl (C=O) groups is 1. The number of nitrogens with one attached hydrogen (secondary N) is 1. The van der Waals surface area contributed by atoms with Crippen molar-refractivity contribution in [2.45, 2.75) is 4.90 Å². The summed E-state index contributed by atoms with van der Waals surface area (Å²) < 4.78 is 27.7. The SMILES string of the molecule is C=CCN(c1ccc(Cl)cc1)S(=O)(=O)c1cccc(C(=O)Nc2ccncc2[N+](=O)[O-])c1. The maximum Gasteiger partial charge on any atom is 0.310 e. The van der Waals surface area contributed by atoms with Crippen LogP contribution in [0.25, 0.3) is 0 Å². The number of aromatic nitrogens is 1. The van der Waals surface area contributed by atoms with Gasteiger partial charge in [0.2, 0.25) is 0 Å². The fourth-order valence-corrected chi connectivity index (χ4v) is 4.43. The Morgan fingerprint density at radius 3 is 2.59 bits per heavy atom. The standard InChI is InChI=1S/C21H17ClN4O5S/c1-2-12-25(17-8-6-16(22)7-9-17)32(30,31)18-5-3-4-15(13-18)21(27)24-19-10-11-23-14-20(19)26(28)29/h2-11,13-14H,1,12H2,(H,23,24,27). The van der Waals surface area contributed by atoms with E-state index in [4.69, 9.17) is 11.6 Å². The van der Waals surface area contributed by atoms with E-state index in [2.05, 4.69) is 16.9 Å². The van der Waals surface area contributed by atoms with E-state index in [0.717, 1.165) is 10.5 Å². The largest absolute Gasteiger partial charge is 0.316 e. The average Bonchev–Trinajstić information content (AvgIpc) is 2.78. The fourth-order valence-electron chi connectivity index (χ4n) is 2.82. The first-order chi connectivity index (χ1) is 15.2. The number of nitrogens with zero attached hydrogens (tertiary/aromatic N) is 3. The molecule has 0 fully saturated rings. The molecule has 1 N–H and O–H groups in total. The summed E-state index contributed by atoms with van der Waals surface area (Å²) in [6, 6.07) is 12.9. The van der Waals surface area contributed by atoms with Gasteiger partial charge in [0.1, 0.15) is 11.9 Å². The Morgan fingerprint density at radius 2 is 1.94 bits per heavy atom. The van der Waals surface area contributed by atoms with Gasteiger partial charge >= 0.3 is 5.69 Å². The molecule has 2 aromatic carbocycles. The van der Waals surface area contributed by atoms with Gasteiger partial charge in [-0.25, -0.2) is 8.42 Å². The number of nitro groups is 1. The molecule has 1 heterocycles. The highest BCUT2D eigenvalue weighted by Crippen LogP contribution is 2.27. The Kier molecular flexibility index (Phi) is 6.86. The maximum absolute atomic E-state index is 13.3. The van der Waals surface area contributed by atoms with Crippen molar-refractivity contribution >= 4 is 44.6 Å². The minimum absolute atomic E-state index is 0.00634. The molecule has 3 rings (SSSR count). The zero-order chi connectivity index (χ0) is 23.3. The normalized spacial score (nSPS) is 10.9. The highest BCUT2D eigenvalue weighted by Gasteiger charge is 2.25. The smallest absolute Gasteiger partial charge is 0.310 e. The Morgan fingerprint density at radius 1 is 1.22 bits per heavy atom. The lowest BCUT2D eigenvalue weighted by atomic mass is 10.2. The van der Waals surface area contributed by atoms with Gasteiger partial charge in [-0.2, -0.15) is 0 Å². The van der Waals surface area contributed by atoms with Crippen LogP contribution in [0, 0.1) is 10.1 Å². The summed E-state index contributed by atoms with van der Waals surface area (Å²) in [5.41, 5.74) is -0.0642. The fraction of sp³-hybridized carbons (Fsp3) is 0.0476. The van der Waals surface area contributed by atoms with Crippen molar-refractivity contribution in [1.82, 2.24) is 4.98 Å². The molecule has 32 heavy (non-hydrogen) atoms. The molecule has 0 saturated carbocycles. The van der Waals surface area contributed by atoms with E-state index in [-0.39, 0.29) is 28.4 Å². The van der Waals surface area contributed by atoms with Crippen LogP contribution >= 0.6 is 11.6 Å². The first kappa shape index (κ1) is 22.9. The van der Waals surface area contributed by atoms with Crippen LogP contribution in [0.5, 0.6) is 0 Å². The summed E-state index contributed by atoms with van der Waals surface area (Å²) in [4.78, 5) is 26.7. The number of halogens is 1. The minimum Gasteiger partial charge on any atom is -0.316 e. The predicted molar refractivity (Wildman–Crippen MR) is 121 cm³/mol. The average molecular weight is 473 g/mol. The van der Waals surface area contributed by atoms with Gasteiger partial charge in [0.15, 0.2) is 0 Å². The summed E-state index contributed by atoms with van der Waals surface area (Å²) in [5.74, 6) is -0.710. The lowest BCUT2D eigenvalue weighted by Gasteiger charge is -2.23. The molecular formula is C21H17ClN4O5S. The zero-order valence-corrected chi connectivity index (χ0v) is 18.1. The predicted octanol–water partition coefficient (Wildman–Crippen LogP) is 4.28. The second-order valence-corrected chi connectivity index (χ2v) is 8.73. The lowest BCUT2D eigenvalue weighted by Crippen LogP contribution is -2.31. The van der Waals surface area contributed by atoms with Crippen LogP contribution in [0.4, 0.5) is 17.1 Å². The molecule has 0 aliphatic heterocycles. The van der Waals surface area contributed by atoms with Crippen LogP contribution in [-0.2, 0) is 10.0 Å². The highest BCUT2D eigenvalue weighted by molar-refractivity contribution is 7.92. The highest BCUT2D eigenvalue weighted by atomic mass is 35.5. The molecule has 1 amide bonds. The van der Waals surface area contributed by atoms with Crippen molar-refractivity contribution in [3.8, 4) is 0 Å². The monoisotopic (exact) mass is 472 g/mol. The molecule has 0 unspecified atom stereocenters. The van der Waals surface area contributed by atoms with E-state index in [1.165, 1.54) is 42.6 Å². The molecule has 164 valence electrons. The van der Waals surface area contributed by atoms with Crippen LogP contribution in [0.15, 0.2) is 84.5 Å². The topological polar surface area (TPSA) is 123 Å². The lowest BCUT2D eigenvalue weighted by molar-refractivity contribution is -0.384. The summed E-state index contributed by atoms with van der Waals surface area (Å²) in [6.07, 6.45) is 3.74. The minimum atomic E-state index is -4.06. The van der Waals surface area contributed by atoms with E-state index in [0.29, 0.717) is 10.7 Å². The number of sulfonamides is 1. The van der Waals surface area contributed by atoms with Gasteiger partial charge in [-0.3, -0.25) is 24.2 Å². The van der Waals surface area contributed by atoms with Crippen LogP contribution < -0.4 is 9.62 Å². The molecule has 3 aromatic rings. The molecule has 0 atom stereocenters. The molecule has 0 spiro atoms. The number of benzene rings is 2. The number of hydrogen-bond donors (Lipinski definition) is 1. The first-order valence-corrected chi connectivity index (χ1v) is 10.9. The van der Waals surface area contributed by atoms with Crippen LogP contribution in [0.1, 0.15) is 10.4 Å². The van der Waals surface area contributed by atoms with Gasteiger partial charge < -0.3 is 5.32 Å². The summed E-state index contributed by atoms with van der Waals surface area (Å²) in [5, 5.41) is 14.0. The van der Waals surface area contributed by atoms with Crippen LogP contribution in [0.2, 0.25) is 5.02 Å². The summed E-state index contributed by atoms with van der Waals surface area (Å²) in [6.45, 7) is 3.60. The molecule has 0 aliphatic rings. The van der Waals surface area contributed by atoms with E-state index in [9.17, 15) is 23.3 Å². The van der Waals surface area contributed by atoms with E-state index in [1.54, 1.807) is 24.3 Å². The van der Waals surface area contributed by atoms with Crippen molar-refractivity contribution in [3.63, 3.8) is 0 Å². The quantitative estimate of drug-likeness (QED) is 0.296.